The number of nitrogens with one attached hydrogen (secondary N) is 1. The molecule has 1 aliphatic rings. The fourth-order valence-corrected chi connectivity index (χ4v) is 3.94. The molecule has 0 spiro atoms. The number of fused-ring (bicyclic) bond motifs is 1. The lowest BCUT2D eigenvalue weighted by atomic mass is 10.2. The van der Waals surface area contributed by atoms with E-state index in [1.54, 1.807) is 18.3 Å². The van der Waals surface area contributed by atoms with Crippen LogP contribution in [0, 0.1) is 13.8 Å². The number of hydrogen-bond acceptors (Lipinski definition) is 5. The van der Waals surface area contributed by atoms with Gasteiger partial charge in [-0.15, -0.1) is 0 Å². The SMILES string of the molecule is Cc1ccc(Sc2ncccc2C(=O)NCc2ccc3c(c2)OCO3)c(C)c1. The molecule has 0 fully saturated rings. The van der Waals surface area contributed by atoms with E-state index >= 15 is 0 Å². The van der Waals surface area contributed by atoms with Crippen molar-refractivity contribution in [3.8, 4) is 11.5 Å². The van der Waals surface area contributed by atoms with Crippen molar-refractivity contribution in [1.29, 1.82) is 0 Å². The molecule has 2 heterocycles. The molecule has 0 radical (unpaired) electrons. The molecular weight excluding hydrogens is 372 g/mol. The third kappa shape index (κ3) is 3.97. The van der Waals surface area contributed by atoms with E-state index in [1.807, 2.05) is 18.2 Å². The van der Waals surface area contributed by atoms with E-state index in [0.717, 1.165) is 16.2 Å². The summed E-state index contributed by atoms with van der Waals surface area (Å²) in [5.74, 6) is 1.28. The average molecular weight is 392 g/mol. The highest BCUT2D eigenvalue weighted by Crippen LogP contribution is 2.33. The molecule has 28 heavy (non-hydrogen) atoms. The molecule has 0 bridgehead atoms. The van der Waals surface area contributed by atoms with Crippen LogP contribution in [-0.4, -0.2) is 17.7 Å². The minimum absolute atomic E-state index is 0.155. The topological polar surface area (TPSA) is 60.5 Å². The van der Waals surface area contributed by atoms with Gasteiger partial charge in [0.1, 0.15) is 5.03 Å². The predicted octanol–water partition coefficient (Wildman–Crippen LogP) is 4.51. The van der Waals surface area contributed by atoms with Crippen LogP contribution in [0.1, 0.15) is 27.0 Å². The van der Waals surface area contributed by atoms with Crippen molar-refractivity contribution >= 4 is 17.7 Å². The predicted molar refractivity (Wildman–Crippen MR) is 108 cm³/mol. The van der Waals surface area contributed by atoms with E-state index in [9.17, 15) is 4.79 Å². The first-order valence-corrected chi connectivity index (χ1v) is 9.78. The molecule has 0 saturated heterocycles. The maximum atomic E-state index is 12.8. The Hall–Kier alpha value is -2.99. The summed E-state index contributed by atoms with van der Waals surface area (Å²) in [4.78, 5) is 18.3. The number of nitrogens with zero attached hydrogens (tertiary/aromatic N) is 1. The zero-order valence-corrected chi connectivity index (χ0v) is 16.5. The number of carbonyl (C=O) groups excluding carboxylic acids is 1. The summed E-state index contributed by atoms with van der Waals surface area (Å²) in [7, 11) is 0. The zero-order chi connectivity index (χ0) is 19.5. The molecule has 1 N–H and O–H groups in total. The largest absolute Gasteiger partial charge is 0.454 e. The lowest BCUT2D eigenvalue weighted by Crippen LogP contribution is -2.23. The van der Waals surface area contributed by atoms with Crippen LogP contribution >= 0.6 is 11.8 Å². The highest BCUT2D eigenvalue weighted by atomic mass is 32.2. The van der Waals surface area contributed by atoms with Crippen molar-refractivity contribution in [2.45, 2.75) is 30.3 Å². The summed E-state index contributed by atoms with van der Waals surface area (Å²) in [6.45, 7) is 4.77. The Balaban J connectivity index is 1.48. The second kappa shape index (κ2) is 7.94. The number of amides is 1. The molecule has 0 aliphatic carbocycles. The smallest absolute Gasteiger partial charge is 0.254 e. The van der Waals surface area contributed by atoms with Gasteiger partial charge < -0.3 is 14.8 Å². The van der Waals surface area contributed by atoms with Crippen LogP contribution in [0.25, 0.3) is 0 Å². The summed E-state index contributed by atoms with van der Waals surface area (Å²) in [5.41, 5.74) is 3.89. The molecule has 1 aromatic heterocycles. The van der Waals surface area contributed by atoms with Crippen molar-refractivity contribution in [3.05, 3.63) is 77.0 Å². The number of ether oxygens (including phenoxy) is 2. The van der Waals surface area contributed by atoms with E-state index < -0.39 is 0 Å². The van der Waals surface area contributed by atoms with E-state index in [1.165, 1.54) is 22.9 Å². The summed E-state index contributed by atoms with van der Waals surface area (Å²) in [6, 6.07) is 15.5. The van der Waals surface area contributed by atoms with Crippen LogP contribution in [0.5, 0.6) is 11.5 Å². The van der Waals surface area contributed by atoms with Crippen molar-refractivity contribution in [2.75, 3.05) is 6.79 Å². The summed E-state index contributed by atoms with van der Waals surface area (Å²) >= 11 is 1.51. The van der Waals surface area contributed by atoms with Crippen LogP contribution in [0.4, 0.5) is 0 Å². The Morgan fingerprint density at radius 2 is 1.96 bits per heavy atom. The maximum Gasteiger partial charge on any atom is 0.254 e. The number of pyridine rings is 1. The number of aromatic nitrogens is 1. The fraction of sp³-hybridized carbons (Fsp3) is 0.182. The lowest BCUT2D eigenvalue weighted by Gasteiger charge is -2.11. The third-order valence-electron chi connectivity index (χ3n) is 4.44. The van der Waals surface area contributed by atoms with Crippen molar-refractivity contribution in [3.63, 3.8) is 0 Å². The Labute approximate surface area is 168 Å². The highest BCUT2D eigenvalue weighted by molar-refractivity contribution is 7.99. The van der Waals surface area contributed by atoms with Gasteiger partial charge in [0.05, 0.1) is 5.56 Å². The molecule has 2 aromatic carbocycles. The van der Waals surface area contributed by atoms with Crippen LogP contribution < -0.4 is 14.8 Å². The van der Waals surface area contributed by atoms with Crippen LogP contribution in [0.15, 0.2) is 64.6 Å². The molecule has 3 aromatic rings. The molecule has 0 saturated carbocycles. The minimum atomic E-state index is -0.155. The number of aryl methyl sites for hydroxylation is 2. The highest BCUT2D eigenvalue weighted by Gasteiger charge is 2.16. The normalized spacial score (nSPS) is 12.1. The van der Waals surface area contributed by atoms with Gasteiger partial charge in [0.2, 0.25) is 6.79 Å². The molecule has 6 heteroatoms. The quantitative estimate of drug-likeness (QED) is 0.692. The Bertz CT molecular complexity index is 1040. The number of benzene rings is 2. The summed E-state index contributed by atoms with van der Waals surface area (Å²) in [5, 5.41) is 3.66. The van der Waals surface area contributed by atoms with Crippen LogP contribution in [-0.2, 0) is 6.54 Å². The number of hydrogen-bond donors (Lipinski definition) is 1. The van der Waals surface area contributed by atoms with Crippen molar-refractivity contribution in [1.82, 2.24) is 10.3 Å². The van der Waals surface area contributed by atoms with Crippen molar-refractivity contribution < 1.29 is 14.3 Å². The fourth-order valence-electron chi connectivity index (χ4n) is 2.99. The number of carbonyl (C=O) groups is 1. The molecule has 142 valence electrons. The molecule has 5 nitrogen and oxygen atoms in total. The Morgan fingerprint density at radius 3 is 2.82 bits per heavy atom. The average Bonchev–Trinajstić information content (AvgIpc) is 3.16. The first kappa shape index (κ1) is 18.4. The lowest BCUT2D eigenvalue weighted by molar-refractivity contribution is 0.0947. The zero-order valence-electron chi connectivity index (χ0n) is 15.7. The van der Waals surface area contributed by atoms with E-state index in [4.69, 9.17) is 9.47 Å². The van der Waals surface area contributed by atoms with Gasteiger partial charge in [0, 0.05) is 17.6 Å². The molecule has 4 rings (SSSR count). The van der Waals surface area contributed by atoms with Gasteiger partial charge in [0.25, 0.3) is 5.91 Å². The third-order valence-corrected chi connectivity index (χ3v) is 5.64. The van der Waals surface area contributed by atoms with Gasteiger partial charge in [-0.2, -0.15) is 0 Å². The maximum absolute atomic E-state index is 12.8. The first-order valence-electron chi connectivity index (χ1n) is 8.97. The van der Waals surface area contributed by atoms with Gasteiger partial charge in [-0.1, -0.05) is 35.5 Å². The Kier molecular flexibility index (Phi) is 5.21. The van der Waals surface area contributed by atoms with E-state index in [0.29, 0.717) is 22.9 Å². The molecular formula is C22H20N2O3S. The summed E-state index contributed by atoms with van der Waals surface area (Å²) < 4.78 is 10.7. The van der Waals surface area contributed by atoms with Gasteiger partial charge in [-0.25, -0.2) is 4.98 Å². The standard InChI is InChI=1S/C22H20N2O3S/c1-14-5-8-20(15(2)10-14)28-22-17(4-3-9-23-22)21(25)24-12-16-6-7-18-19(11-16)27-13-26-18/h3-11H,12-13H2,1-2H3,(H,24,25). The molecule has 1 amide bonds. The van der Waals surface area contributed by atoms with Gasteiger partial charge in [0.15, 0.2) is 11.5 Å². The van der Waals surface area contributed by atoms with Crippen LogP contribution in [0.2, 0.25) is 0 Å². The molecule has 0 atom stereocenters. The van der Waals surface area contributed by atoms with Crippen LogP contribution in [0.3, 0.4) is 0 Å². The van der Waals surface area contributed by atoms with Crippen molar-refractivity contribution in [2.24, 2.45) is 0 Å². The van der Waals surface area contributed by atoms with Gasteiger partial charge >= 0.3 is 0 Å². The second-order valence-electron chi connectivity index (χ2n) is 6.60. The van der Waals surface area contributed by atoms with Gasteiger partial charge in [-0.05, 0) is 55.3 Å². The van der Waals surface area contributed by atoms with E-state index in [-0.39, 0.29) is 12.7 Å². The number of rotatable bonds is 5. The monoisotopic (exact) mass is 392 g/mol. The minimum Gasteiger partial charge on any atom is -0.454 e. The Morgan fingerprint density at radius 1 is 1.11 bits per heavy atom. The summed E-state index contributed by atoms with van der Waals surface area (Å²) in [6.07, 6.45) is 1.71. The second-order valence-corrected chi connectivity index (χ2v) is 7.63. The van der Waals surface area contributed by atoms with E-state index in [2.05, 4.69) is 42.3 Å². The molecule has 0 unspecified atom stereocenters. The van der Waals surface area contributed by atoms with Gasteiger partial charge in [-0.3, -0.25) is 4.79 Å². The first-order chi connectivity index (χ1) is 13.6. The molecule has 1 aliphatic heterocycles.